The van der Waals surface area contributed by atoms with Crippen molar-refractivity contribution in [2.24, 2.45) is 0 Å². The van der Waals surface area contributed by atoms with Crippen molar-refractivity contribution < 1.29 is 38.0 Å². The van der Waals surface area contributed by atoms with Crippen molar-refractivity contribution in [3.05, 3.63) is 0 Å². The van der Waals surface area contributed by atoms with Gasteiger partial charge in [-0.05, 0) is 27.7 Å². The number of carbonyl (C=O) groups excluding carboxylic acids is 2. The summed E-state index contributed by atoms with van der Waals surface area (Å²) in [5.41, 5.74) is 0. The molecular formula is C16H26O8. The van der Waals surface area contributed by atoms with Crippen LogP contribution in [0.15, 0.2) is 0 Å². The molecule has 0 saturated carbocycles. The van der Waals surface area contributed by atoms with Crippen LogP contribution in [0.4, 0.5) is 0 Å². The van der Waals surface area contributed by atoms with Crippen LogP contribution in [0.3, 0.4) is 0 Å². The Kier molecular flexibility index (Phi) is 6.19. The third-order valence-corrected chi connectivity index (χ3v) is 3.86. The first kappa shape index (κ1) is 19.1. The summed E-state index contributed by atoms with van der Waals surface area (Å²) < 4.78 is 32.8. The number of ether oxygens (including phenoxy) is 6. The predicted molar refractivity (Wildman–Crippen MR) is 81.0 cm³/mol. The second kappa shape index (κ2) is 7.77. The van der Waals surface area contributed by atoms with Gasteiger partial charge >= 0.3 is 11.9 Å². The van der Waals surface area contributed by atoms with Gasteiger partial charge in [0.25, 0.3) is 0 Å². The maximum atomic E-state index is 11.6. The molecule has 0 aromatic carbocycles. The predicted octanol–water partition coefficient (Wildman–Crippen LogP) is 1.16. The zero-order valence-corrected chi connectivity index (χ0v) is 14.7. The van der Waals surface area contributed by atoms with E-state index >= 15 is 0 Å². The van der Waals surface area contributed by atoms with Crippen LogP contribution in [0.1, 0.15) is 40.5 Å². The topological polar surface area (TPSA) is 89.5 Å². The zero-order chi connectivity index (χ0) is 17.8. The molecule has 0 spiro atoms. The summed E-state index contributed by atoms with van der Waals surface area (Å²) in [5, 5.41) is 0. The van der Waals surface area contributed by atoms with Gasteiger partial charge in [0, 0.05) is 0 Å². The SMILES string of the molecule is CCOC(=O)CC1(C)OCC(C2COC(C)(CC(=O)OCC)O2)O1. The van der Waals surface area contributed by atoms with Crippen LogP contribution in [0.2, 0.25) is 0 Å². The van der Waals surface area contributed by atoms with Crippen LogP contribution >= 0.6 is 0 Å². The molecule has 2 rings (SSSR count). The molecule has 0 amide bonds. The Bertz CT molecular complexity index is 425. The molecule has 4 unspecified atom stereocenters. The highest BCUT2D eigenvalue weighted by atomic mass is 16.8. The van der Waals surface area contributed by atoms with E-state index in [4.69, 9.17) is 28.4 Å². The van der Waals surface area contributed by atoms with Crippen molar-refractivity contribution in [1.82, 2.24) is 0 Å². The maximum absolute atomic E-state index is 11.6. The first-order chi connectivity index (χ1) is 11.3. The summed E-state index contributed by atoms with van der Waals surface area (Å²) in [6.45, 7) is 8.04. The summed E-state index contributed by atoms with van der Waals surface area (Å²) in [7, 11) is 0. The molecular weight excluding hydrogens is 320 g/mol. The molecule has 2 aliphatic heterocycles. The van der Waals surface area contributed by atoms with E-state index in [1.54, 1.807) is 27.7 Å². The number of hydrogen-bond acceptors (Lipinski definition) is 8. The van der Waals surface area contributed by atoms with Crippen molar-refractivity contribution in [3.8, 4) is 0 Å². The molecule has 138 valence electrons. The van der Waals surface area contributed by atoms with E-state index in [1.165, 1.54) is 0 Å². The molecule has 2 heterocycles. The van der Waals surface area contributed by atoms with Crippen LogP contribution in [-0.2, 0) is 38.0 Å². The second-order valence-corrected chi connectivity index (χ2v) is 6.17. The number of esters is 2. The molecule has 0 aromatic rings. The van der Waals surface area contributed by atoms with Crippen LogP contribution in [-0.4, -0.2) is 62.1 Å². The minimum atomic E-state index is -1.04. The Morgan fingerprint density at radius 1 is 0.875 bits per heavy atom. The average molecular weight is 346 g/mol. The lowest BCUT2D eigenvalue weighted by atomic mass is 10.2. The monoisotopic (exact) mass is 346 g/mol. The molecule has 0 aromatic heterocycles. The lowest BCUT2D eigenvalue weighted by Crippen LogP contribution is -2.37. The highest BCUT2D eigenvalue weighted by molar-refractivity contribution is 5.70. The Morgan fingerprint density at radius 3 is 1.58 bits per heavy atom. The van der Waals surface area contributed by atoms with Crippen molar-refractivity contribution in [1.29, 1.82) is 0 Å². The molecule has 0 radical (unpaired) electrons. The van der Waals surface area contributed by atoms with Gasteiger partial charge in [-0.15, -0.1) is 0 Å². The van der Waals surface area contributed by atoms with E-state index in [1.807, 2.05) is 0 Å². The molecule has 0 aliphatic carbocycles. The van der Waals surface area contributed by atoms with Crippen molar-refractivity contribution in [2.45, 2.75) is 64.3 Å². The Hall–Kier alpha value is -1.22. The fourth-order valence-electron chi connectivity index (χ4n) is 2.79. The zero-order valence-electron chi connectivity index (χ0n) is 14.7. The molecule has 24 heavy (non-hydrogen) atoms. The Balaban J connectivity index is 1.86. The first-order valence-corrected chi connectivity index (χ1v) is 8.24. The Labute approximate surface area is 141 Å². The molecule has 8 heteroatoms. The summed E-state index contributed by atoms with van der Waals surface area (Å²) in [6, 6.07) is 0. The van der Waals surface area contributed by atoms with Gasteiger partial charge in [0.15, 0.2) is 11.6 Å². The summed E-state index contributed by atoms with van der Waals surface area (Å²) in [5.74, 6) is -2.84. The summed E-state index contributed by atoms with van der Waals surface area (Å²) >= 11 is 0. The van der Waals surface area contributed by atoms with E-state index in [-0.39, 0.29) is 50.2 Å². The largest absolute Gasteiger partial charge is 0.466 e. The minimum Gasteiger partial charge on any atom is -0.466 e. The summed E-state index contributed by atoms with van der Waals surface area (Å²) in [4.78, 5) is 23.3. The molecule has 0 bridgehead atoms. The standard InChI is InChI=1S/C16H26O8/c1-5-19-13(17)7-15(3)21-9-11(23-15)12-10-22-16(4,24-12)8-14(18)20-6-2/h11-12H,5-10H2,1-4H3. The van der Waals surface area contributed by atoms with E-state index in [2.05, 4.69) is 0 Å². The smallest absolute Gasteiger partial charge is 0.311 e. The van der Waals surface area contributed by atoms with Crippen molar-refractivity contribution >= 4 is 11.9 Å². The van der Waals surface area contributed by atoms with Gasteiger partial charge in [0.2, 0.25) is 0 Å². The molecule has 2 fully saturated rings. The van der Waals surface area contributed by atoms with E-state index in [9.17, 15) is 9.59 Å². The molecule has 0 N–H and O–H groups in total. The van der Waals surface area contributed by atoms with E-state index in [0.717, 1.165) is 0 Å². The molecule has 2 saturated heterocycles. The lowest BCUT2D eigenvalue weighted by Gasteiger charge is -2.25. The van der Waals surface area contributed by atoms with E-state index < -0.39 is 11.6 Å². The molecule has 8 nitrogen and oxygen atoms in total. The van der Waals surface area contributed by atoms with Crippen molar-refractivity contribution in [2.75, 3.05) is 26.4 Å². The highest BCUT2D eigenvalue weighted by Gasteiger charge is 2.49. The van der Waals surface area contributed by atoms with Gasteiger partial charge in [0.1, 0.15) is 12.2 Å². The van der Waals surface area contributed by atoms with Crippen LogP contribution < -0.4 is 0 Å². The fourth-order valence-corrected chi connectivity index (χ4v) is 2.79. The number of carbonyl (C=O) groups is 2. The van der Waals surface area contributed by atoms with Gasteiger partial charge in [-0.2, -0.15) is 0 Å². The fraction of sp³-hybridized carbons (Fsp3) is 0.875. The van der Waals surface area contributed by atoms with Gasteiger partial charge in [-0.1, -0.05) is 0 Å². The second-order valence-electron chi connectivity index (χ2n) is 6.17. The van der Waals surface area contributed by atoms with Gasteiger partial charge in [-0.25, -0.2) is 0 Å². The number of hydrogen-bond donors (Lipinski definition) is 0. The Morgan fingerprint density at radius 2 is 1.25 bits per heavy atom. The number of rotatable bonds is 7. The minimum absolute atomic E-state index is 0.00497. The summed E-state index contributed by atoms with van der Waals surface area (Å²) in [6.07, 6.45) is -0.752. The average Bonchev–Trinajstić information content (AvgIpc) is 3.03. The van der Waals surface area contributed by atoms with Crippen LogP contribution in [0, 0.1) is 0 Å². The lowest BCUT2D eigenvalue weighted by molar-refractivity contribution is -0.201. The third kappa shape index (κ3) is 4.89. The normalized spacial score (nSPS) is 35.8. The molecule has 2 aliphatic rings. The van der Waals surface area contributed by atoms with Gasteiger partial charge < -0.3 is 28.4 Å². The molecule has 4 atom stereocenters. The highest BCUT2D eigenvalue weighted by Crippen LogP contribution is 2.35. The van der Waals surface area contributed by atoms with Gasteiger partial charge in [-0.3, -0.25) is 9.59 Å². The van der Waals surface area contributed by atoms with Crippen molar-refractivity contribution in [3.63, 3.8) is 0 Å². The van der Waals surface area contributed by atoms with Crippen LogP contribution in [0.5, 0.6) is 0 Å². The quantitative estimate of drug-likeness (QED) is 0.634. The third-order valence-electron chi connectivity index (χ3n) is 3.86. The van der Waals surface area contributed by atoms with E-state index in [0.29, 0.717) is 13.2 Å². The van der Waals surface area contributed by atoms with Crippen LogP contribution in [0.25, 0.3) is 0 Å². The van der Waals surface area contributed by atoms with Gasteiger partial charge in [0.05, 0.1) is 39.3 Å². The first-order valence-electron chi connectivity index (χ1n) is 8.24. The maximum Gasteiger partial charge on any atom is 0.311 e.